The summed E-state index contributed by atoms with van der Waals surface area (Å²) < 4.78 is 11.7. The quantitative estimate of drug-likeness (QED) is 0.839. The summed E-state index contributed by atoms with van der Waals surface area (Å²) in [6.07, 6.45) is -0.738. The number of methoxy groups -OCH3 is 1. The van der Waals surface area contributed by atoms with Crippen molar-refractivity contribution in [2.75, 3.05) is 13.7 Å². The smallest absolute Gasteiger partial charge is 0.138 e. The lowest BCUT2D eigenvalue weighted by atomic mass is 10.1. The summed E-state index contributed by atoms with van der Waals surface area (Å²) in [7, 11) is 1.59. The van der Waals surface area contributed by atoms with E-state index in [0.29, 0.717) is 18.0 Å². The molecule has 0 radical (unpaired) electrons. The Morgan fingerprint density at radius 2 is 2.00 bits per heavy atom. The highest BCUT2D eigenvalue weighted by Gasteiger charge is 2.12. The zero-order valence-corrected chi connectivity index (χ0v) is 13.3. The van der Waals surface area contributed by atoms with Gasteiger partial charge in [0.25, 0.3) is 0 Å². The third-order valence-corrected chi connectivity index (χ3v) is 3.76. The number of aliphatic hydroxyl groups is 1. The molecule has 5 heteroatoms. The van der Waals surface area contributed by atoms with E-state index in [1.54, 1.807) is 13.2 Å². The maximum atomic E-state index is 10.2. The van der Waals surface area contributed by atoms with Crippen LogP contribution in [0.25, 0.3) is 0 Å². The topological polar surface area (TPSA) is 64.7 Å². The summed E-state index contributed by atoms with van der Waals surface area (Å²) in [5.41, 5.74) is 7.33. The highest BCUT2D eigenvalue weighted by atomic mass is 79.9. The molecule has 2 aromatic carbocycles. The van der Waals surface area contributed by atoms with Gasteiger partial charge in [-0.2, -0.15) is 0 Å². The lowest BCUT2D eigenvalue weighted by Gasteiger charge is -2.16. The van der Waals surface area contributed by atoms with Crippen molar-refractivity contribution < 1.29 is 14.6 Å². The minimum absolute atomic E-state index is 0.142. The van der Waals surface area contributed by atoms with E-state index in [1.807, 2.05) is 36.4 Å². The Bertz CT molecular complexity index is 604. The molecular weight excluding hydrogens is 334 g/mol. The van der Waals surface area contributed by atoms with Gasteiger partial charge in [0.2, 0.25) is 0 Å². The Labute approximate surface area is 132 Å². The molecule has 0 aliphatic heterocycles. The summed E-state index contributed by atoms with van der Waals surface area (Å²) in [4.78, 5) is 0. The largest absolute Gasteiger partial charge is 0.497 e. The predicted molar refractivity (Wildman–Crippen MR) is 85.5 cm³/mol. The Morgan fingerprint density at radius 1 is 1.24 bits per heavy atom. The van der Waals surface area contributed by atoms with E-state index >= 15 is 0 Å². The molecule has 4 nitrogen and oxygen atoms in total. The second-order valence-electron chi connectivity index (χ2n) is 4.54. The summed E-state index contributed by atoms with van der Waals surface area (Å²) in [5.74, 6) is 1.37. The Morgan fingerprint density at radius 3 is 2.71 bits per heavy atom. The molecular formula is C16H18BrNO3. The monoisotopic (exact) mass is 351 g/mol. The van der Waals surface area contributed by atoms with Crippen LogP contribution >= 0.6 is 15.9 Å². The van der Waals surface area contributed by atoms with Crippen LogP contribution in [-0.4, -0.2) is 18.8 Å². The Kier molecular flexibility index (Phi) is 5.61. The molecule has 2 aromatic rings. The Hall–Kier alpha value is -1.56. The van der Waals surface area contributed by atoms with Crippen LogP contribution in [0.15, 0.2) is 46.9 Å². The van der Waals surface area contributed by atoms with Crippen molar-refractivity contribution in [3.63, 3.8) is 0 Å². The highest BCUT2D eigenvalue weighted by Crippen LogP contribution is 2.30. The van der Waals surface area contributed by atoms with E-state index in [0.717, 1.165) is 15.6 Å². The molecule has 0 aliphatic rings. The van der Waals surface area contributed by atoms with Gasteiger partial charge in [0, 0.05) is 12.1 Å². The van der Waals surface area contributed by atoms with Crippen molar-refractivity contribution in [3.05, 3.63) is 58.1 Å². The molecule has 0 fully saturated rings. The number of benzene rings is 2. The van der Waals surface area contributed by atoms with Crippen molar-refractivity contribution in [1.82, 2.24) is 0 Å². The van der Waals surface area contributed by atoms with Crippen molar-refractivity contribution in [2.45, 2.75) is 12.6 Å². The molecule has 21 heavy (non-hydrogen) atoms. The lowest BCUT2D eigenvalue weighted by molar-refractivity contribution is 0.107. The number of hydrogen-bond acceptors (Lipinski definition) is 4. The molecule has 0 aliphatic carbocycles. The number of nitrogens with two attached hydrogens (primary N) is 1. The molecule has 2 rings (SSSR count). The number of para-hydroxylation sites is 1. The van der Waals surface area contributed by atoms with E-state index < -0.39 is 6.10 Å². The van der Waals surface area contributed by atoms with Crippen molar-refractivity contribution in [2.24, 2.45) is 5.73 Å². The molecule has 1 unspecified atom stereocenters. The van der Waals surface area contributed by atoms with E-state index in [-0.39, 0.29) is 6.61 Å². The van der Waals surface area contributed by atoms with Crippen LogP contribution in [-0.2, 0) is 6.54 Å². The maximum absolute atomic E-state index is 10.2. The van der Waals surface area contributed by atoms with Gasteiger partial charge in [-0.1, -0.05) is 24.3 Å². The van der Waals surface area contributed by atoms with Gasteiger partial charge in [0.15, 0.2) is 0 Å². The van der Waals surface area contributed by atoms with Gasteiger partial charge in [0.05, 0.1) is 11.6 Å². The molecule has 0 saturated heterocycles. The maximum Gasteiger partial charge on any atom is 0.138 e. The fourth-order valence-corrected chi connectivity index (χ4v) is 2.50. The number of halogens is 1. The van der Waals surface area contributed by atoms with Crippen LogP contribution in [0.5, 0.6) is 11.5 Å². The van der Waals surface area contributed by atoms with E-state index in [4.69, 9.17) is 15.2 Å². The molecule has 0 bridgehead atoms. The molecule has 1 atom stereocenters. The Balaban J connectivity index is 2.09. The first-order valence-electron chi connectivity index (χ1n) is 6.58. The zero-order chi connectivity index (χ0) is 15.2. The highest BCUT2D eigenvalue weighted by molar-refractivity contribution is 9.10. The van der Waals surface area contributed by atoms with Crippen LogP contribution < -0.4 is 15.2 Å². The van der Waals surface area contributed by atoms with E-state index in [1.165, 1.54) is 0 Å². The first-order valence-corrected chi connectivity index (χ1v) is 7.37. The molecule has 0 spiro atoms. The average Bonchev–Trinajstić information content (AvgIpc) is 2.53. The second-order valence-corrected chi connectivity index (χ2v) is 5.39. The van der Waals surface area contributed by atoms with Gasteiger partial charge in [-0.15, -0.1) is 0 Å². The second kappa shape index (κ2) is 7.45. The number of rotatable bonds is 6. The first-order chi connectivity index (χ1) is 10.2. The molecule has 0 aromatic heterocycles. The minimum Gasteiger partial charge on any atom is -0.497 e. The van der Waals surface area contributed by atoms with Crippen LogP contribution in [0, 0.1) is 0 Å². The predicted octanol–water partition coefficient (Wildman–Crippen LogP) is 3.03. The third-order valence-electron chi connectivity index (χ3n) is 3.13. The third kappa shape index (κ3) is 3.97. The zero-order valence-electron chi connectivity index (χ0n) is 11.8. The molecule has 0 amide bonds. The summed E-state index contributed by atoms with van der Waals surface area (Å²) >= 11 is 3.43. The van der Waals surface area contributed by atoms with E-state index in [2.05, 4.69) is 15.9 Å². The van der Waals surface area contributed by atoms with Crippen molar-refractivity contribution >= 4 is 15.9 Å². The van der Waals surface area contributed by atoms with E-state index in [9.17, 15) is 5.11 Å². The summed E-state index contributed by atoms with van der Waals surface area (Å²) in [5, 5.41) is 10.2. The number of hydrogen-bond donors (Lipinski definition) is 2. The summed E-state index contributed by atoms with van der Waals surface area (Å²) in [6, 6.07) is 13.0. The average molecular weight is 352 g/mol. The molecule has 0 heterocycles. The fourth-order valence-electron chi connectivity index (χ4n) is 1.98. The normalized spacial score (nSPS) is 12.0. The van der Waals surface area contributed by atoms with Gasteiger partial charge in [-0.3, -0.25) is 0 Å². The number of aliphatic hydroxyl groups excluding tert-OH is 1. The van der Waals surface area contributed by atoms with Gasteiger partial charge in [-0.25, -0.2) is 0 Å². The fraction of sp³-hybridized carbons (Fsp3) is 0.250. The molecule has 112 valence electrons. The van der Waals surface area contributed by atoms with Crippen molar-refractivity contribution in [3.8, 4) is 11.5 Å². The number of ether oxygens (including phenoxy) is 2. The van der Waals surface area contributed by atoms with Gasteiger partial charge >= 0.3 is 0 Å². The van der Waals surface area contributed by atoms with Gasteiger partial charge < -0.3 is 20.3 Å². The van der Waals surface area contributed by atoms with Crippen LogP contribution in [0.2, 0.25) is 0 Å². The van der Waals surface area contributed by atoms with Gasteiger partial charge in [0.1, 0.15) is 24.2 Å². The SMILES string of the molecule is COc1cccc(C(O)COc2c(Br)cccc2CN)c1. The van der Waals surface area contributed by atoms with Crippen LogP contribution in [0.1, 0.15) is 17.2 Å². The van der Waals surface area contributed by atoms with Crippen LogP contribution in [0.3, 0.4) is 0 Å². The minimum atomic E-state index is -0.738. The first kappa shape index (κ1) is 15.8. The lowest BCUT2D eigenvalue weighted by Crippen LogP contribution is -2.12. The standard InChI is InChI=1S/C16H18BrNO3/c1-20-13-6-2-4-11(8-13)15(19)10-21-16-12(9-18)5-3-7-14(16)17/h2-8,15,19H,9-10,18H2,1H3. The van der Waals surface area contributed by atoms with Crippen molar-refractivity contribution in [1.29, 1.82) is 0 Å². The molecule has 0 saturated carbocycles. The molecule has 3 N–H and O–H groups in total. The van der Waals surface area contributed by atoms with Crippen LogP contribution in [0.4, 0.5) is 0 Å². The van der Waals surface area contributed by atoms with Gasteiger partial charge in [-0.05, 0) is 39.7 Å². The summed E-state index contributed by atoms with van der Waals surface area (Å²) in [6.45, 7) is 0.521.